The van der Waals surface area contributed by atoms with Gasteiger partial charge in [0, 0.05) is 30.2 Å². The van der Waals surface area contributed by atoms with E-state index in [2.05, 4.69) is 10.0 Å². The Labute approximate surface area is 173 Å². The lowest BCUT2D eigenvalue weighted by atomic mass is 10.1. The lowest BCUT2D eigenvalue weighted by Gasteiger charge is -2.25. The van der Waals surface area contributed by atoms with Crippen molar-refractivity contribution in [1.29, 1.82) is 0 Å². The van der Waals surface area contributed by atoms with Crippen molar-refractivity contribution in [2.75, 3.05) is 13.1 Å². The van der Waals surface area contributed by atoms with Gasteiger partial charge in [-0.2, -0.15) is 0 Å². The fourth-order valence-corrected chi connectivity index (χ4v) is 3.46. The molecule has 0 fully saturated rings. The van der Waals surface area contributed by atoms with Crippen LogP contribution in [0, 0.1) is 10.1 Å². The summed E-state index contributed by atoms with van der Waals surface area (Å²) in [5.41, 5.74) is -1.53. The van der Waals surface area contributed by atoms with Crippen molar-refractivity contribution in [3.8, 4) is 5.75 Å². The first-order valence-electron chi connectivity index (χ1n) is 8.48. The Morgan fingerprint density at radius 3 is 2.45 bits per heavy atom. The maximum atomic E-state index is 12.3. The lowest BCUT2D eigenvalue weighted by molar-refractivity contribution is -0.385. The summed E-state index contributed by atoms with van der Waals surface area (Å²) in [4.78, 5) is 22.2. The third-order valence-electron chi connectivity index (χ3n) is 3.77. The summed E-state index contributed by atoms with van der Waals surface area (Å²) >= 11 is 5.81. The summed E-state index contributed by atoms with van der Waals surface area (Å²) in [6.45, 7) is 3.04. The van der Waals surface area contributed by atoms with Crippen molar-refractivity contribution in [1.82, 2.24) is 10.0 Å². The average Bonchev–Trinajstić information content (AvgIpc) is 2.66. The van der Waals surface area contributed by atoms with E-state index in [9.17, 15) is 23.3 Å². The molecule has 0 atom stereocenters. The first-order chi connectivity index (χ1) is 13.5. The minimum absolute atomic E-state index is 0.000395. The Kier molecular flexibility index (Phi) is 7.17. The Morgan fingerprint density at radius 2 is 1.83 bits per heavy atom. The number of benzene rings is 2. The van der Waals surface area contributed by atoms with E-state index in [1.165, 1.54) is 18.2 Å². The van der Waals surface area contributed by atoms with E-state index >= 15 is 0 Å². The highest BCUT2D eigenvalue weighted by molar-refractivity contribution is 7.89. The minimum atomic E-state index is -3.95. The molecule has 0 aliphatic heterocycles. The number of nitrogens with one attached hydrogen (secondary N) is 2. The number of halogens is 1. The van der Waals surface area contributed by atoms with Gasteiger partial charge in [-0.15, -0.1) is 0 Å². The first kappa shape index (κ1) is 22.6. The largest absolute Gasteiger partial charge is 0.478 e. The van der Waals surface area contributed by atoms with Crippen LogP contribution < -0.4 is 14.8 Å². The molecule has 0 spiro atoms. The molecule has 2 N–H and O–H groups in total. The van der Waals surface area contributed by atoms with Gasteiger partial charge in [0.05, 0.1) is 9.82 Å². The molecule has 0 saturated heterocycles. The smallest absolute Gasteiger partial charge is 0.270 e. The third-order valence-corrected chi connectivity index (χ3v) is 5.49. The van der Waals surface area contributed by atoms with Gasteiger partial charge < -0.3 is 10.1 Å². The first-order valence-corrected chi connectivity index (χ1v) is 10.3. The monoisotopic (exact) mass is 441 g/mol. The number of hydrogen-bond acceptors (Lipinski definition) is 6. The summed E-state index contributed by atoms with van der Waals surface area (Å²) in [7, 11) is -3.95. The van der Waals surface area contributed by atoms with Gasteiger partial charge in [-0.25, -0.2) is 13.1 Å². The maximum absolute atomic E-state index is 12.3. The molecule has 9 nitrogen and oxygen atoms in total. The number of carbonyl (C=O) groups is 1. The van der Waals surface area contributed by atoms with Gasteiger partial charge in [0.2, 0.25) is 10.0 Å². The normalized spacial score (nSPS) is 11.7. The van der Waals surface area contributed by atoms with Crippen LogP contribution >= 0.6 is 11.6 Å². The molecule has 2 aromatic rings. The molecule has 0 aromatic heterocycles. The summed E-state index contributed by atoms with van der Waals surface area (Å²) < 4.78 is 32.4. The summed E-state index contributed by atoms with van der Waals surface area (Å²) in [6, 6.07) is 11.2. The fraction of sp³-hybridized carbons (Fsp3) is 0.278. The van der Waals surface area contributed by atoms with Crippen molar-refractivity contribution in [3.05, 3.63) is 63.7 Å². The van der Waals surface area contributed by atoms with Crippen LogP contribution in [-0.4, -0.2) is 37.9 Å². The summed E-state index contributed by atoms with van der Waals surface area (Å²) in [6.07, 6.45) is 0. The van der Waals surface area contributed by atoms with Crippen molar-refractivity contribution in [2.24, 2.45) is 0 Å². The number of nitro benzene ring substituents is 1. The molecule has 11 heteroatoms. The Morgan fingerprint density at radius 1 is 1.17 bits per heavy atom. The molecule has 0 unspecified atom stereocenters. The molecule has 2 rings (SSSR count). The topological polar surface area (TPSA) is 128 Å². The molecular weight excluding hydrogens is 422 g/mol. The van der Waals surface area contributed by atoms with Crippen LogP contribution in [-0.2, 0) is 14.8 Å². The van der Waals surface area contributed by atoms with Crippen molar-refractivity contribution >= 4 is 33.2 Å². The van der Waals surface area contributed by atoms with Gasteiger partial charge in [-0.3, -0.25) is 14.9 Å². The second-order valence-electron chi connectivity index (χ2n) is 6.47. The molecule has 0 heterocycles. The van der Waals surface area contributed by atoms with Gasteiger partial charge >= 0.3 is 0 Å². The fourth-order valence-electron chi connectivity index (χ4n) is 2.27. The van der Waals surface area contributed by atoms with E-state index < -0.39 is 26.5 Å². The van der Waals surface area contributed by atoms with Gasteiger partial charge in [-0.05, 0) is 44.2 Å². The molecule has 0 aliphatic carbocycles. The van der Waals surface area contributed by atoms with E-state index in [0.717, 1.165) is 6.07 Å². The SMILES string of the molecule is CC(C)(Oc1ccc(Cl)cc1)C(=O)NCCNS(=O)(=O)c1cccc([N+](=O)[O-])c1. The van der Waals surface area contributed by atoms with Crippen LogP contribution in [0.4, 0.5) is 5.69 Å². The predicted octanol–water partition coefficient (Wildman–Crippen LogP) is 2.50. The highest BCUT2D eigenvalue weighted by Crippen LogP contribution is 2.21. The Bertz CT molecular complexity index is 993. The molecule has 156 valence electrons. The quantitative estimate of drug-likeness (QED) is 0.349. The summed E-state index contributed by atoms with van der Waals surface area (Å²) in [5, 5.41) is 13.9. The van der Waals surface area contributed by atoms with Crippen molar-refractivity contribution in [2.45, 2.75) is 24.3 Å². The van der Waals surface area contributed by atoms with Crippen LogP contribution in [0.1, 0.15) is 13.8 Å². The Hall–Kier alpha value is -2.69. The number of amides is 1. The third kappa shape index (κ3) is 6.41. The number of nitro groups is 1. The molecular formula is C18H20ClN3O6S. The zero-order valence-electron chi connectivity index (χ0n) is 15.7. The van der Waals surface area contributed by atoms with Gasteiger partial charge in [0.25, 0.3) is 11.6 Å². The number of carbonyl (C=O) groups excluding carboxylic acids is 1. The predicted molar refractivity (Wildman–Crippen MR) is 107 cm³/mol. The van der Waals surface area contributed by atoms with E-state index in [1.54, 1.807) is 38.1 Å². The van der Waals surface area contributed by atoms with Crippen LogP contribution in [0.15, 0.2) is 53.4 Å². The standard InChI is InChI=1S/C18H20ClN3O6S/c1-18(2,28-15-8-6-13(19)7-9-15)17(23)20-10-11-21-29(26,27)16-5-3-4-14(12-16)22(24)25/h3-9,12,21H,10-11H2,1-2H3,(H,20,23). The molecule has 1 amide bonds. The highest BCUT2D eigenvalue weighted by atomic mass is 35.5. The van der Waals surface area contributed by atoms with Crippen molar-refractivity contribution < 1.29 is 22.9 Å². The molecule has 0 radical (unpaired) electrons. The molecule has 29 heavy (non-hydrogen) atoms. The maximum Gasteiger partial charge on any atom is 0.270 e. The highest BCUT2D eigenvalue weighted by Gasteiger charge is 2.29. The number of ether oxygens (including phenoxy) is 1. The number of nitrogens with zero attached hydrogens (tertiary/aromatic N) is 1. The number of hydrogen-bond donors (Lipinski definition) is 2. The van der Waals surface area contributed by atoms with Gasteiger partial charge in [0.15, 0.2) is 5.60 Å². The number of sulfonamides is 1. The van der Waals surface area contributed by atoms with Crippen molar-refractivity contribution in [3.63, 3.8) is 0 Å². The summed E-state index contributed by atoms with van der Waals surface area (Å²) in [5.74, 6) is 0.0166. The Balaban J connectivity index is 1.88. The van der Waals surface area contributed by atoms with E-state index in [4.69, 9.17) is 16.3 Å². The van der Waals surface area contributed by atoms with Crippen LogP contribution in [0.3, 0.4) is 0 Å². The van der Waals surface area contributed by atoms with Crippen LogP contribution in [0.2, 0.25) is 5.02 Å². The van der Waals surface area contributed by atoms with Gasteiger partial charge in [0.1, 0.15) is 5.75 Å². The number of rotatable bonds is 9. The van der Waals surface area contributed by atoms with E-state index in [1.807, 2.05) is 0 Å². The lowest BCUT2D eigenvalue weighted by Crippen LogP contribution is -2.48. The molecule has 0 aliphatic rings. The second kappa shape index (κ2) is 9.21. The average molecular weight is 442 g/mol. The minimum Gasteiger partial charge on any atom is -0.478 e. The molecule has 0 bridgehead atoms. The second-order valence-corrected chi connectivity index (χ2v) is 8.68. The van der Waals surface area contributed by atoms with E-state index in [0.29, 0.717) is 10.8 Å². The van der Waals surface area contributed by atoms with Crippen LogP contribution in [0.25, 0.3) is 0 Å². The number of non-ortho nitro benzene ring substituents is 1. The van der Waals surface area contributed by atoms with Crippen LogP contribution in [0.5, 0.6) is 5.75 Å². The molecule has 2 aromatic carbocycles. The van der Waals surface area contributed by atoms with E-state index in [-0.39, 0.29) is 23.7 Å². The zero-order valence-corrected chi connectivity index (χ0v) is 17.3. The zero-order chi connectivity index (χ0) is 21.7. The molecule has 0 saturated carbocycles. The van der Waals surface area contributed by atoms with Gasteiger partial charge in [-0.1, -0.05) is 17.7 Å².